The van der Waals surface area contributed by atoms with Crippen LogP contribution in [0.15, 0.2) is 25.7 Å². The number of amides is 4. The first-order chi connectivity index (χ1) is 32.2. The second-order valence-electron chi connectivity index (χ2n) is 14.2. The van der Waals surface area contributed by atoms with Crippen molar-refractivity contribution in [2.45, 2.75) is 122 Å². The highest BCUT2D eigenvalue weighted by atomic mass is 17.2. The van der Waals surface area contributed by atoms with Gasteiger partial charge in [-0.3, -0.25) is 28.8 Å². The van der Waals surface area contributed by atoms with E-state index in [1.165, 1.54) is 6.92 Å². The lowest BCUT2D eigenvalue weighted by Crippen LogP contribution is -2.42. The number of hydrogen-bond donors (Lipinski definition) is 0. The second kappa shape index (κ2) is 43.3. The van der Waals surface area contributed by atoms with E-state index >= 15 is 0 Å². The number of hydroxylamine groups is 4. The maximum Gasteiger partial charge on any atom is 0.343 e. The zero-order chi connectivity index (χ0) is 51.1. The van der Waals surface area contributed by atoms with E-state index in [9.17, 15) is 38.4 Å². The molecule has 2 saturated heterocycles. The number of Topliss-reactive ketones (excluding diaryl/α,β-unsaturated/α-hetero) is 2. The first-order valence-corrected chi connectivity index (χ1v) is 22.6. The van der Waals surface area contributed by atoms with Crippen molar-refractivity contribution in [3.8, 4) is 0 Å². The maximum absolute atomic E-state index is 12.3. The van der Waals surface area contributed by atoms with E-state index in [4.69, 9.17) is 57.6 Å². The standard InChI is InChI=1S/C21H33NO10.C20H31NO10.2C2H6.2CH4/c1-4-27-13-21(14-28-5-2,16-31-30-6-3)15-29-12-17(23)8-7-9-20(26)32-22-18(24)10-11-19(22)25;1-5-26-11-20(12-27-6-2,14-30-29-7-3)13-28-10-16(22)15(4)19(25)31-21-17(23)8-9-18(21)24;2*1-2;;/h6H,3-5,7-16H2,1-2H3;7,15H,3,5-6,8-14H2,1-2,4H3;2*1-2H3;2*1H4. The molecular weight excluding hydrogens is 913 g/mol. The van der Waals surface area contributed by atoms with Gasteiger partial charge in [-0.2, -0.15) is 9.78 Å². The molecule has 69 heavy (non-hydrogen) atoms. The number of rotatable bonds is 36. The lowest BCUT2D eigenvalue weighted by molar-refractivity contribution is -0.280. The Hall–Kier alpha value is -4.68. The molecule has 2 fully saturated rings. The average molecular weight is 997 g/mol. The quantitative estimate of drug-likeness (QED) is 0.0180. The second-order valence-corrected chi connectivity index (χ2v) is 14.2. The van der Waals surface area contributed by atoms with Crippen molar-refractivity contribution in [2.24, 2.45) is 16.7 Å². The van der Waals surface area contributed by atoms with Crippen LogP contribution in [-0.2, 0) is 96.0 Å². The van der Waals surface area contributed by atoms with Crippen LogP contribution >= 0.6 is 0 Å². The third-order valence-corrected chi connectivity index (χ3v) is 8.83. The lowest BCUT2D eigenvalue weighted by Gasteiger charge is -2.31. The molecule has 402 valence electrons. The van der Waals surface area contributed by atoms with Crippen LogP contribution in [0.1, 0.15) is 122 Å². The summed E-state index contributed by atoms with van der Waals surface area (Å²) in [5, 5.41) is 0.890. The van der Waals surface area contributed by atoms with Gasteiger partial charge in [0.2, 0.25) is 0 Å². The number of carbonyl (C=O) groups is 8. The smallest absolute Gasteiger partial charge is 0.343 e. The van der Waals surface area contributed by atoms with Crippen LogP contribution in [0, 0.1) is 16.7 Å². The van der Waals surface area contributed by atoms with Crippen molar-refractivity contribution in [3.05, 3.63) is 25.7 Å². The third kappa shape index (κ3) is 29.8. The first-order valence-electron chi connectivity index (χ1n) is 22.6. The minimum absolute atomic E-state index is 0. The zero-order valence-electron chi connectivity index (χ0n) is 41.1. The predicted octanol–water partition coefficient (Wildman–Crippen LogP) is 5.79. The van der Waals surface area contributed by atoms with Crippen LogP contribution in [0.4, 0.5) is 0 Å². The highest BCUT2D eigenvalue weighted by molar-refractivity contribution is 6.04. The normalized spacial score (nSPS) is 13.5. The highest BCUT2D eigenvalue weighted by Gasteiger charge is 2.38. The molecule has 0 aliphatic carbocycles. The van der Waals surface area contributed by atoms with Gasteiger partial charge in [-0.1, -0.05) is 55.7 Å². The Balaban J connectivity index is -0.000000556. The molecule has 1 atom stereocenters. The fourth-order valence-corrected chi connectivity index (χ4v) is 5.33. The van der Waals surface area contributed by atoms with Crippen LogP contribution < -0.4 is 0 Å². The van der Waals surface area contributed by atoms with E-state index in [2.05, 4.69) is 13.2 Å². The number of ether oxygens (including phenoxy) is 6. The van der Waals surface area contributed by atoms with Gasteiger partial charge in [-0.05, 0) is 41.0 Å². The molecule has 2 aliphatic rings. The molecule has 0 radical (unpaired) electrons. The fraction of sp³-hybridized carbons (Fsp3) is 0.745. The molecule has 2 heterocycles. The van der Waals surface area contributed by atoms with Crippen LogP contribution in [0.3, 0.4) is 0 Å². The molecule has 2 aliphatic heterocycles. The summed E-state index contributed by atoms with van der Waals surface area (Å²) in [6.07, 6.45) is 2.45. The van der Waals surface area contributed by atoms with Gasteiger partial charge in [0.15, 0.2) is 11.6 Å². The Kier molecular flexibility index (Phi) is 44.5. The average Bonchev–Trinajstić information content (AvgIpc) is 3.82. The van der Waals surface area contributed by atoms with Gasteiger partial charge in [0.1, 0.15) is 44.9 Å². The van der Waals surface area contributed by atoms with Gasteiger partial charge < -0.3 is 47.9 Å². The minimum atomic E-state index is -1.23. The van der Waals surface area contributed by atoms with Gasteiger partial charge in [0.05, 0.1) is 50.5 Å². The molecule has 4 amide bonds. The largest absolute Gasteiger partial charge is 0.381 e. The van der Waals surface area contributed by atoms with Gasteiger partial charge in [-0.25, -0.2) is 9.59 Å². The Labute approximate surface area is 409 Å². The summed E-state index contributed by atoms with van der Waals surface area (Å²) < 4.78 is 33.2. The monoisotopic (exact) mass is 997 g/mol. The van der Waals surface area contributed by atoms with Crippen LogP contribution in [0.25, 0.3) is 0 Å². The zero-order valence-corrected chi connectivity index (χ0v) is 41.1. The molecule has 0 bridgehead atoms. The highest BCUT2D eigenvalue weighted by Crippen LogP contribution is 2.23. The summed E-state index contributed by atoms with van der Waals surface area (Å²) in [5.74, 6) is -6.08. The molecule has 1 unspecified atom stereocenters. The van der Waals surface area contributed by atoms with Gasteiger partial charge in [-0.15, -0.1) is 10.1 Å². The van der Waals surface area contributed by atoms with E-state index < -0.39 is 64.7 Å². The van der Waals surface area contributed by atoms with E-state index in [0.29, 0.717) is 36.6 Å². The van der Waals surface area contributed by atoms with E-state index in [1.54, 1.807) is 0 Å². The molecule has 0 aromatic carbocycles. The summed E-state index contributed by atoms with van der Waals surface area (Å²) in [5.41, 5.74) is -1.46. The van der Waals surface area contributed by atoms with Crippen molar-refractivity contribution >= 4 is 47.1 Å². The van der Waals surface area contributed by atoms with Crippen molar-refractivity contribution in [1.82, 2.24) is 10.1 Å². The van der Waals surface area contributed by atoms with Crippen molar-refractivity contribution in [1.29, 1.82) is 0 Å². The number of hydrogen-bond acceptors (Lipinski definition) is 20. The first kappa shape index (κ1) is 70.9. The van der Waals surface area contributed by atoms with Gasteiger partial charge in [0.25, 0.3) is 23.6 Å². The van der Waals surface area contributed by atoms with E-state index in [1.807, 2.05) is 55.4 Å². The van der Waals surface area contributed by atoms with Crippen molar-refractivity contribution in [2.75, 3.05) is 92.5 Å². The molecule has 0 N–H and O–H groups in total. The van der Waals surface area contributed by atoms with Crippen LogP contribution in [0.2, 0.25) is 0 Å². The molecule has 0 aromatic rings. The number of carbonyl (C=O) groups excluding carboxylic acids is 8. The summed E-state index contributed by atoms with van der Waals surface area (Å²) in [6, 6.07) is 0. The lowest BCUT2D eigenvalue weighted by atomic mass is 9.92. The van der Waals surface area contributed by atoms with Gasteiger partial charge in [0, 0.05) is 65.0 Å². The summed E-state index contributed by atoms with van der Waals surface area (Å²) in [4.78, 5) is 124. The Bertz CT molecular complexity index is 1440. The predicted molar refractivity (Wildman–Crippen MR) is 250 cm³/mol. The molecule has 2 rings (SSSR count). The summed E-state index contributed by atoms with van der Waals surface area (Å²) in [7, 11) is 0. The fourth-order valence-electron chi connectivity index (χ4n) is 5.33. The third-order valence-electron chi connectivity index (χ3n) is 8.83. The molecular formula is C47H84N2O20. The van der Waals surface area contributed by atoms with Crippen LogP contribution in [-0.4, -0.2) is 150 Å². The van der Waals surface area contributed by atoms with E-state index in [0.717, 1.165) is 12.5 Å². The van der Waals surface area contributed by atoms with Crippen molar-refractivity contribution < 1.29 is 96.0 Å². The topological polar surface area (TPSA) is 254 Å². The number of imide groups is 2. The Morgan fingerprint density at radius 2 is 0.899 bits per heavy atom. The van der Waals surface area contributed by atoms with E-state index in [-0.39, 0.29) is 125 Å². The SMILES string of the molecule is C.C.C=COOCC(COCC)(COCC)COCC(=O)C(C)C(=O)ON1C(=O)CCC1=O.C=COOCC(COCC)(COCC)COCC(=O)CCCC(=O)ON1C(=O)CCC1=O.CC.CC. The molecule has 22 nitrogen and oxygen atoms in total. The number of ketones is 2. The van der Waals surface area contributed by atoms with Crippen molar-refractivity contribution in [3.63, 3.8) is 0 Å². The summed E-state index contributed by atoms with van der Waals surface area (Å²) in [6.45, 7) is 26.1. The molecule has 0 saturated carbocycles. The molecule has 22 heteroatoms. The van der Waals surface area contributed by atoms with Gasteiger partial charge >= 0.3 is 11.9 Å². The molecule has 0 spiro atoms. The maximum atomic E-state index is 12.3. The Morgan fingerprint density at radius 3 is 1.26 bits per heavy atom. The molecule has 0 aromatic heterocycles. The Morgan fingerprint density at radius 1 is 0.551 bits per heavy atom. The summed E-state index contributed by atoms with van der Waals surface area (Å²) >= 11 is 0. The number of nitrogens with zero attached hydrogens (tertiary/aromatic N) is 2. The minimum Gasteiger partial charge on any atom is -0.381 e. The van der Waals surface area contributed by atoms with Crippen LogP contribution in [0.5, 0.6) is 0 Å².